The highest BCUT2D eigenvalue weighted by Gasteiger charge is 2.17. The van der Waals surface area contributed by atoms with E-state index < -0.39 is 6.03 Å². The largest absolute Gasteiger partial charge is 0.378 e. The molecule has 2 atom stereocenters. The average Bonchev–Trinajstić information content (AvgIpc) is 2.82. The summed E-state index contributed by atoms with van der Waals surface area (Å²) in [5.41, 5.74) is 0. The van der Waals surface area contributed by atoms with Crippen molar-refractivity contribution in [1.29, 1.82) is 0 Å². The van der Waals surface area contributed by atoms with Gasteiger partial charge in [-0.3, -0.25) is 10.1 Å². The lowest BCUT2D eigenvalue weighted by Gasteiger charge is -2.15. The van der Waals surface area contributed by atoms with E-state index in [4.69, 9.17) is 4.74 Å². The monoisotopic (exact) mass is 257 g/mol. The number of imide groups is 1. The Bertz CT molecular complexity index is 278. The minimum absolute atomic E-state index is 0.312. The van der Waals surface area contributed by atoms with Crippen molar-refractivity contribution in [2.24, 2.45) is 0 Å². The molecule has 3 amide bonds. The first kappa shape index (κ1) is 14.9. The van der Waals surface area contributed by atoms with E-state index in [1.54, 1.807) is 13.8 Å². The minimum atomic E-state index is -0.449. The van der Waals surface area contributed by atoms with Gasteiger partial charge < -0.3 is 15.4 Å². The number of urea groups is 1. The number of nitrogens with one attached hydrogen (secondary N) is 3. The fourth-order valence-corrected chi connectivity index (χ4v) is 1.85. The van der Waals surface area contributed by atoms with Crippen LogP contribution in [-0.2, 0) is 9.53 Å². The zero-order valence-corrected chi connectivity index (χ0v) is 11.1. The lowest BCUT2D eigenvalue weighted by Crippen LogP contribution is -2.48. The van der Waals surface area contributed by atoms with Gasteiger partial charge >= 0.3 is 6.03 Å². The van der Waals surface area contributed by atoms with Gasteiger partial charge in [-0.25, -0.2) is 4.79 Å². The Morgan fingerprint density at radius 2 is 2.22 bits per heavy atom. The maximum Gasteiger partial charge on any atom is 0.321 e. The van der Waals surface area contributed by atoms with Gasteiger partial charge in [-0.15, -0.1) is 0 Å². The van der Waals surface area contributed by atoms with Crippen molar-refractivity contribution in [3.63, 3.8) is 0 Å². The molecule has 104 valence electrons. The number of ether oxygens (including phenoxy) is 1. The Morgan fingerprint density at radius 3 is 2.83 bits per heavy atom. The number of hydrogen-bond acceptors (Lipinski definition) is 4. The summed E-state index contributed by atoms with van der Waals surface area (Å²) in [6.07, 6.45) is 3.44. The summed E-state index contributed by atoms with van der Waals surface area (Å²) in [4.78, 5) is 22.7. The van der Waals surface area contributed by atoms with Crippen LogP contribution in [0.2, 0.25) is 0 Å². The standard InChI is InChI=1S/C12H23N3O3/c1-3-13-12(17)15-11(16)9(2)14-7-6-10-5-4-8-18-10/h9-10,14H,3-8H2,1-2H3,(H2,13,15,16,17). The first-order valence-corrected chi connectivity index (χ1v) is 6.57. The van der Waals surface area contributed by atoms with Gasteiger partial charge in [-0.2, -0.15) is 0 Å². The molecule has 0 aliphatic carbocycles. The van der Waals surface area contributed by atoms with Gasteiger partial charge in [0.25, 0.3) is 0 Å². The number of carbonyl (C=O) groups is 2. The molecule has 1 aliphatic rings. The SMILES string of the molecule is CCNC(=O)NC(=O)C(C)NCCC1CCCO1. The van der Waals surface area contributed by atoms with Gasteiger partial charge in [-0.1, -0.05) is 0 Å². The summed E-state index contributed by atoms with van der Waals surface area (Å²) < 4.78 is 5.49. The molecule has 6 nitrogen and oxygen atoms in total. The predicted octanol–water partition coefficient (Wildman–Crippen LogP) is 0.379. The summed E-state index contributed by atoms with van der Waals surface area (Å²) in [6, 6.07) is -0.829. The summed E-state index contributed by atoms with van der Waals surface area (Å²) in [6.45, 7) is 5.60. The molecular formula is C12H23N3O3. The Labute approximate surface area is 108 Å². The van der Waals surface area contributed by atoms with Gasteiger partial charge in [0.2, 0.25) is 5.91 Å². The molecule has 0 radical (unpaired) electrons. The topological polar surface area (TPSA) is 79.5 Å². The first-order chi connectivity index (χ1) is 8.63. The molecule has 1 heterocycles. The molecule has 6 heteroatoms. The van der Waals surface area contributed by atoms with E-state index in [1.165, 1.54) is 0 Å². The Morgan fingerprint density at radius 1 is 1.44 bits per heavy atom. The highest BCUT2D eigenvalue weighted by atomic mass is 16.5. The molecule has 0 aromatic heterocycles. The van der Waals surface area contributed by atoms with Crippen LogP contribution in [0, 0.1) is 0 Å². The van der Waals surface area contributed by atoms with Gasteiger partial charge in [0.15, 0.2) is 0 Å². The van der Waals surface area contributed by atoms with Crippen LogP contribution in [0.1, 0.15) is 33.1 Å². The normalized spacial score (nSPS) is 20.4. The summed E-state index contributed by atoms with van der Waals surface area (Å²) in [7, 11) is 0. The number of rotatable bonds is 6. The van der Waals surface area contributed by atoms with E-state index in [9.17, 15) is 9.59 Å². The van der Waals surface area contributed by atoms with Gasteiger partial charge in [0, 0.05) is 13.2 Å². The highest BCUT2D eigenvalue weighted by molar-refractivity contribution is 5.96. The third kappa shape index (κ3) is 5.46. The van der Waals surface area contributed by atoms with Crippen molar-refractivity contribution < 1.29 is 14.3 Å². The molecule has 18 heavy (non-hydrogen) atoms. The predicted molar refractivity (Wildman–Crippen MR) is 68.3 cm³/mol. The van der Waals surface area contributed by atoms with Crippen LogP contribution in [0.4, 0.5) is 4.79 Å². The van der Waals surface area contributed by atoms with Crippen molar-refractivity contribution in [3.8, 4) is 0 Å². The highest BCUT2D eigenvalue weighted by Crippen LogP contribution is 2.14. The second kappa shape index (κ2) is 8.05. The Balaban J connectivity index is 2.12. The molecule has 0 saturated carbocycles. The first-order valence-electron chi connectivity index (χ1n) is 6.57. The van der Waals surface area contributed by atoms with Crippen LogP contribution < -0.4 is 16.0 Å². The van der Waals surface area contributed by atoms with E-state index in [0.717, 1.165) is 25.9 Å². The lowest BCUT2D eigenvalue weighted by molar-refractivity contribution is -0.121. The molecule has 1 saturated heterocycles. The molecule has 1 aliphatic heterocycles. The van der Waals surface area contributed by atoms with Crippen molar-refractivity contribution in [2.75, 3.05) is 19.7 Å². The minimum Gasteiger partial charge on any atom is -0.378 e. The van der Waals surface area contributed by atoms with E-state index in [-0.39, 0.29) is 11.9 Å². The van der Waals surface area contributed by atoms with Gasteiger partial charge in [-0.05, 0) is 39.7 Å². The molecule has 1 rings (SSSR count). The van der Waals surface area contributed by atoms with Crippen LogP contribution in [0.15, 0.2) is 0 Å². The maximum atomic E-state index is 11.6. The second-order valence-corrected chi connectivity index (χ2v) is 4.45. The van der Waals surface area contributed by atoms with Crippen molar-refractivity contribution in [3.05, 3.63) is 0 Å². The Kier molecular flexibility index (Phi) is 6.67. The molecule has 0 spiro atoms. The quantitative estimate of drug-likeness (QED) is 0.642. The smallest absolute Gasteiger partial charge is 0.321 e. The van der Waals surface area contributed by atoms with Gasteiger partial charge in [0.1, 0.15) is 0 Å². The number of carbonyl (C=O) groups excluding carboxylic acids is 2. The zero-order chi connectivity index (χ0) is 13.4. The van der Waals surface area contributed by atoms with Crippen LogP contribution in [0.3, 0.4) is 0 Å². The van der Waals surface area contributed by atoms with E-state index in [2.05, 4.69) is 16.0 Å². The van der Waals surface area contributed by atoms with Crippen LogP contribution in [-0.4, -0.2) is 43.8 Å². The zero-order valence-electron chi connectivity index (χ0n) is 11.1. The lowest BCUT2D eigenvalue weighted by atomic mass is 10.2. The Hall–Kier alpha value is -1.14. The van der Waals surface area contributed by atoms with Crippen LogP contribution >= 0.6 is 0 Å². The third-order valence-electron chi connectivity index (χ3n) is 2.91. The van der Waals surface area contributed by atoms with Crippen molar-refractivity contribution in [1.82, 2.24) is 16.0 Å². The van der Waals surface area contributed by atoms with E-state index >= 15 is 0 Å². The van der Waals surface area contributed by atoms with E-state index in [0.29, 0.717) is 19.2 Å². The molecule has 3 N–H and O–H groups in total. The number of amides is 3. The molecule has 0 aromatic rings. The second-order valence-electron chi connectivity index (χ2n) is 4.45. The molecule has 1 fully saturated rings. The van der Waals surface area contributed by atoms with Gasteiger partial charge in [0.05, 0.1) is 12.1 Å². The van der Waals surface area contributed by atoms with Crippen molar-refractivity contribution >= 4 is 11.9 Å². The molecule has 2 unspecified atom stereocenters. The van der Waals surface area contributed by atoms with Crippen LogP contribution in [0.5, 0.6) is 0 Å². The van der Waals surface area contributed by atoms with Crippen LogP contribution in [0.25, 0.3) is 0 Å². The molecule has 0 bridgehead atoms. The third-order valence-corrected chi connectivity index (χ3v) is 2.91. The fourth-order valence-electron chi connectivity index (χ4n) is 1.85. The number of hydrogen-bond donors (Lipinski definition) is 3. The molecule has 0 aromatic carbocycles. The average molecular weight is 257 g/mol. The van der Waals surface area contributed by atoms with Crippen molar-refractivity contribution in [2.45, 2.75) is 45.3 Å². The maximum absolute atomic E-state index is 11.6. The fraction of sp³-hybridized carbons (Fsp3) is 0.833. The summed E-state index contributed by atoms with van der Waals surface area (Å²) in [5.74, 6) is -0.312. The summed E-state index contributed by atoms with van der Waals surface area (Å²) >= 11 is 0. The molecular weight excluding hydrogens is 234 g/mol. The summed E-state index contributed by atoms with van der Waals surface area (Å²) in [5, 5.41) is 7.87. The van der Waals surface area contributed by atoms with E-state index in [1.807, 2.05) is 0 Å².